The first-order valence-electron chi connectivity index (χ1n) is 9.01. The van der Waals surface area contributed by atoms with Crippen LogP contribution in [0, 0.1) is 11.8 Å². The molecule has 1 saturated carbocycles. The van der Waals surface area contributed by atoms with Crippen molar-refractivity contribution in [3.63, 3.8) is 0 Å². The molecule has 2 atom stereocenters. The van der Waals surface area contributed by atoms with E-state index in [4.69, 9.17) is 0 Å². The number of fused-ring (bicyclic) bond motifs is 1. The Balaban J connectivity index is 0.00000192. The number of aliphatic imine (C=N–C) groups is 1. The van der Waals surface area contributed by atoms with E-state index in [1.165, 1.54) is 32.1 Å². The highest BCUT2D eigenvalue weighted by molar-refractivity contribution is 14.0. The van der Waals surface area contributed by atoms with Crippen LogP contribution in [0.4, 0.5) is 0 Å². The number of rotatable bonds is 2. The predicted molar refractivity (Wildman–Crippen MR) is 104 cm³/mol. The topological polar surface area (TPSA) is 47.9 Å². The van der Waals surface area contributed by atoms with E-state index in [0.29, 0.717) is 6.54 Å². The van der Waals surface area contributed by atoms with Crippen LogP contribution in [0.15, 0.2) is 4.99 Å². The smallest absolute Gasteiger partial charge is 0.241 e. The van der Waals surface area contributed by atoms with E-state index in [1.807, 2.05) is 11.9 Å². The first-order valence-corrected chi connectivity index (χ1v) is 9.01. The largest absolute Gasteiger partial charge is 0.347 e. The lowest BCUT2D eigenvalue weighted by Gasteiger charge is -2.28. The number of hydrogen-bond acceptors (Lipinski definition) is 2. The minimum atomic E-state index is 0. The molecular weight excluding hydrogens is 403 g/mol. The van der Waals surface area contributed by atoms with Gasteiger partial charge in [-0.2, -0.15) is 0 Å². The molecule has 0 aromatic heterocycles. The van der Waals surface area contributed by atoms with Crippen LogP contribution in [0.1, 0.15) is 44.9 Å². The fourth-order valence-corrected chi connectivity index (χ4v) is 4.32. The lowest BCUT2D eigenvalue weighted by Crippen LogP contribution is -2.47. The molecule has 0 bridgehead atoms. The van der Waals surface area contributed by atoms with Crippen molar-refractivity contribution in [2.24, 2.45) is 16.8 Å². The third-order valence-corrected chi connectivity index (χ3v) is 5.59. The predicted octanol–water partition coefficient (Wildman–Crippen LogP) is 2.31. The summed E-state index contributed by atoms with van der Waals surface area (Å²) in [5.41, 5.74) is 0. The summed E-state index contributed by atoms with van der Waals surface area (Å²) in [5, 5.41) is 3.30. The molecule has 5 nitrogen and oxygen atoms in total. The zero-order valence-electron chi connectivity index (χ0n) is 14.3. The minimum Gasteiger partial charge on any atom is -0.347 e. The summed E-state index contributed by atoms with van der Waals surface area (Å²) in [5.74, 6) is 2.81. The van der Waals surface area contributed by atoms with Gasteiger partial charge in [0.2, 0.25) is 5.91 Å². The summed E-state index contributed by atoms with van der Waals surface area (Å²) in [6.45, 7) is 4.46. The van der Waals surface area contributed by atoms with Gasteiger partial charge in [-0.05, 0) is 43.9 Å². The monoisotopic (exact) mass is 434 g/mol. The van der Waals surface area contributed by atoms with Crippen LogP contribution in [-0.2, 0) is 4.79 Å². The number of nitrogens with zero attached hydrogens (tertiary/aromatic N) is 3. The lowest BCUT2D eigenvalue weighted by molar-refractivity contribution is -0.130. The fourth-order valence-electron chi connectivity index (χ4n) is 4.32. The van der Waals surface area contributed by atoms with Gasteiger partial charge in [-0.1, -0.05) is 12.8 Å². The van der Waals surface area contributed by atoms with Crippen molar-refractivity contribution < 1.29 is 4.79 Å². The molecule has 1 amide bonds. The molecule has 3 rings (SSSR count). The van der Waals surface area contributed by atoms with Crippen molar-refractivity contribution in [3.8, 4) is 0 Å². The summed E-state index contributed by atoms with van der Waals surface area (Å²) >= 11 is 0. The highest BCUT2D eigenvalue weighted by Gasteiger charge is 2.35. The van der Waals surface area contributed by atoms with Crippen LogP contribution in [-0.4, -0.2) is 61.4 Å². The second kappa shape index (κ2) is 9.08. The van der Waals surface area contributed by atoms with Gasteiger partial charge in [0.25, 0.3) is 0 Å². The van der Waals surface area contributed by atoms with Gasteiger partial charge in [0, 0.05) is 33.2 Å². The zero-order chi connectivity index (χ0) is 15.4. The van der Waals surface area contributed by atoms with Crippen LogP contribution >= 0.6 is 24.0 Å². The molecule has 2 heterocycles. The van der Waals surface area contributed by atoms with Gasteiger partial charge in [0.1, 0.15) is 0 Å². The Kier molecular flexibility index (Phi) is 7.43. The molecule has 23 heavy (non-hydrogen) atoms. The summed E-state index contributed by atoms with van der Waals surface area (Å²) < 4.78 is 0. The number of halogens is 1. The minimum absolute atomic E-state index is 0. The molecule has 3 aliphatic rings. The number of guanidine groups is 1. The molecule has 1 N–H and O–H groups in total. The molecular formula is C17H31IN4O. The lowest BCUT2D eigenvalue weighted by atomic mass is 9.82. The quantitative estimate of drug-likeness (QED) is 0.412. The van der Waals surface area contributed by atoms with Crippen LogP contribution in [0.25, 0.3) is 0 Å². The first-order chi connectivity index (χ1) is 10.8. The van der Waals surface area contributed by atoms with E-state index in [2.05, 4.69) is 15.2 Å². The van der Waals surface area contributed by atoms with Crippen LogP contribution in [0.3, 0.4) is 0 Å². The Morgan fingerprint density at radius 2 is 1.61 bits per heavy atom. The second-order valence-electron chi connectivity index (χ2n) is 7.05. The standard InChI is InChI=1S/C17H30N4O.HI/c1-18-17(19-11-16(22)20-9-5-2-6-10-20)21-12-14-7-3-4-8-15(14)13-21;/h14-15H,2-13H2,1H3,(H,18,19);1H. The Labute approximate surface area is 157 Å². The van der Waals surface area contributed by atoms with E-state index < -0.39 is 0 Å². The summed E-state index contributed by atoms with van der Waals surface area (Å²) in [7, 11) is 1.83. The molecule has 1 aliphatic carbocycles. The molecule has 2 unspecified atom stereocenters. The maximum Gasteiger partial charge on any atom is 0.241 e. The molecule has 0 aromatic carbocycles. The van der Waals surface area contributed by atoms with Gasteiger partial charge in [-0.25, -0.2) is 0 Å². The maximum absolute atomic E-state index is 12.3. The van der Waals surface area contributed by atoms with Crippen molar-refractivity contribution in [1.82, 2.24) is 15.1 Å². The number of carbonyl (C=O) groups is 1. The molecule has 6 heteroatoms. The summed E-state index contributed by atoms with van der Waals surface area (Å²) in [6.07, 6.45) is 9.06. The Morgan fingerprint density at radius 3 is 2.17 bits per heavy atom. The number of likely N-dealkylation sites (tertiary alicyclic amines) is 2. The highest BCUT2D eigenvalue weighted by Crippen LogP contribution is 2.35. The number of carbonyl (C=O) groups excluding carboxylic acids is 1. The van der Waals surface area contributed by atoms with Gasteiger partial charge < -0.3 is 15.1 Å². The third-order valence-electron chi connectivity index (χ3n) is 5.59. The normalized spacial score (nSPS) is 28.1. The molecule has 3 fully saturated rings. The third kappa shape index (κ3) is 4.73. The molecule has 0 aromatic rings. The Morgan fingerprint density at radius 1 is 1.00 bits per heavy atom. The maximum atomic E-state index is 12.3. The van der Waals surface area contributed by atoms with Gasteiger partial charge in [0.05, 0.1) is 6.54 Å². The van der Waals surface area contributed by atoms with Gasteiger partial charge in [-0.3, -0.25) is 9.79 Å². The van der Waals surface area contributed by atoms with E-state index >= 15 is 0 Å². The van der Waals surface area contributed by atoms with Crippen molar-refractivity contribution in [3.05, 3.63) is 0 Å². The average molecular weight is 434 g/mol. The van der Waals surface area contributed by atoms with Crippen LogP contribution < -0.4 is 5.32 Å². The molecule has 2 aliphatic heterocycles. The summed E-state index contributed by atoms with van der Waals surface area (Å²) in [6, 6.07) is 0. The van der Waals surface area contributed by atoms with E-state index in [-0.39, 0.29) is 29.9 Å². The van der Waals surface area contributed by atoms with Crippen LogP contribution in [0.5, 0.6) is 0 Å². The molecule has 132 valence electrons. The number of hydrogen-bond donors (Lipinski definition) is 1. The second-order valence-corrected chi connectivity index (χ2v) is 7.05. The van der Waals surface area contributed by atoms with Gasteiger partial charge in [0.15, 0.2) is 5.96 Å². The van der Waals surface area contributed by atoms with E-state index in [1.54, 1.807) is 0 Å². The van der Waals surface area contributed by atoms with Gasteiger partial charge in [-0.15, -0.1) is 24.0 Å². The SMILES string of the molecule is CN=C(NCC(=O)N1CCCCC1)N1CC2CCCCC2C1.I. The molecule has 0 spiro atoms. The number of amides is 1. The highest BCUT2D eigenvalue weighted by atomic mass is 127. The van der Waals surface area contributed by atoms with E-state index in [9.17, 15) is 4.79 Å². The first kappa shape index (κ1) is 18.8. The van der Waals surface area contributed by atoms with Crippen molar-refractivity contribution in [2.75, 3.05) is 39.8 Å². The Hall–Kier alpha value is -0.530. The van der Waals surface area contributed by atoms with Crippen molar-refractivity contribution in [1.29, 1.82) is 0 Å². The van der Waals surface area contributed by atoms with Crippen molar-refractivity contribution >= 4 is 35.8 Å². The Bertz CT molecular complexity index is 409. The fraction of sp³-hybridized carbons (Fsp3) is 0.882. The van der Waals surface area contributed by atoms with Gasteiger partial charge >= 0.3 is 0 Å². The number of nitrogens with one attached hydrogen (secondary N) is 1. The molecule has 2 saturated heterocycles. The van der Waals surface area contributed by atoms with E-state index in [0.717, 1.165) is 56.8 Å². The zero-order valence-corrected chi connectivity index (χ0v) is 16.6. The van der Waals surface area contributed by atoms with Crippen molar-refractivity contribution in [2.45, 2.75) is 44.9 Å². The number of piperidine rings is 1. The average Bonchev–Trinajstić information content (AvgIpc) is 3.00. The molecule has 0 radical (unpaired) electrons. The van der Waals surface area contributed by atoms with Crippen LogP contribution in [0.2, 0.25) is 0 Å². The summed E-state index contributed by atoms with van der Waals surface area (Å²) in [4.78, 5) is 21.0.